The molecule has 0 bridgehead atoms. The number of rotatable bonds is 13. The molecule has 2 fully saturated rings. The van der Waals surface area contributed by atoms with E-state index in [0.29, 0.717) is 35.4 Å². The number of halogens is 2. The van der Waals surface area contributed by atoms with Gasteiger partial charge in [-0.2, -0.15) is 5.10 Å². The zero-order valence-corrected chi connectivity index (χ0v) is 27.7. The summed E-state index contributed by atoms with van der Waals surface area (Å²) in [5, 5.41) is 10.0. The van der Waals surface area contributed by atoms with E-state index in [1.54, 1.807) is 38.4 Å². The van der Waals surface area contributed by atoms with Crippen LogP contribution in [-0.2, 0) is 21.0 Å². The van der Waals surface area contributed by atoms with Crippen LogP contribution in [0.5, 0.6) is 0 Å². The highest BCUT2D eigenvalue weighted by Crippen LogP contribution is 2.51. The number of amides is 2. The predicted octanol–water partition coefficient (Wildman–Crippen LogP) is 7.08. The van der Waals surface area contributed by atoms with Crippen molar-refractivity contribution in [3.8, 4) is 11.1 Å². The first-order valence-corrected chi connectivity index (χ1v) is 19.0. The maximum absolute atomic E-state index is 14.4. The summed E-state index contributed by atoms with van der Waals surface area (Å²) in [5.74, 6) is 0.165. The Bertz CT molecular complexity index is 1300. The molecule has 43 heavy (non-hydrogen) atoms. The maximum atomic E-state index is 14.4. The number of carbonyl (C=O) groups excluding carboxylic acids is 2. The SMILES string of the molecule is Cc1nn(COCC[Si](C)(C)C)c(C)c1-c1ccc(NC(=O)[C@@H](NC(=O)OC(C)(C)C)C(C2CC2)C2CC2)nc1C(F)F. The largest absolute Gasteiger partial charge is 0.444 e. The Morgan fingerprint density at radius 2 is 1.72 bits per heavy atom. The summed E-state index contributed by atoms with van der Waals surface area (Å²) in [5.41, 5.74) is 0.943. The average molecular weight is 620 g/mol. The molecule has 2 aliphatic rings. The van der Waals surface area contributed by atoms with Crippen LogP contribution in [0.1, 0.15) is 70.0 Å². The van der Waals surface area contributed by atoms with Crippen molar-refractivity contribution in [3.05, 3.63) is 29.2 Å². The highest BCUT2D eigenvalue weighted by Gasteiger charge is 2.48. The van der Waals surface area contributed by atoms with Crippen LogP contribution in [-0.4, -0.2) is 53.1 Å². The molecule has 0 aliphatic heterocycles. The lowest BCUT2D eigenvalue weighted by Crippen LogP contribution is -2.51. The van der Waals surface area contributed by atoms with Crippen LogP contribution in [0.4, 0.5) is 19.4 Å². The number of nitrogens with one attached hydrogen (secondary N) is 2. The summed E-state index contributed by atoms with van der Waals surface area (Å²) in [6.45, 7) is 16.6. The number of anilines is 1. The molecule has 0 saturated heterocycles. The average Bonchev–Trinajstić information content (AvgIpc) is 3.80. The molecule has 0 aromatic carbocycles. The van der Waals surface area contributed by atoms with Crippen molar-refractivity contribution in [1.82, 2.24) is 20.1 Å². The molecule has 2 amide bonds. The first-order chi connectivity index (χ1) is 20.0. The third kappa shape index (κ3) is 9.07. The first-order valence-electron chi connectivity index (χ1n) is 15.3. The summed E-state index contributed by atoms with van der Waals surface area (Å²) < 4.78 is 41.8. The van der Waals surface area contributed by atoms with Crippen molar-refractivity contribution in [2.75, 3.05) is 11.9 Å². The zero-order chi connectivity index (χ0) is 31.7. The number of hydrogen-bond acceptors (Lipinski definition) is 6. The molecule has 2 aromatic rings. The fraction of sp³-hybridized carbons (Fsp3) is 0.677. The summed E-state index contributed by atoms with van der Waals surface area (Å²) in [6.07, 6.45) is 0.433. The Morgan fingerprint density at radius 1 is 1.09 bits per heavy atom. The van der Waals surface area contributed by atoms with Gasteiger partial charge in [0.2, 0.25) is 5.91 Å². The van der Waals surface area contributed by atoms with Crippen LogP contribution in [0.3, 0.4) is 0 Å². The predicted molar refractivity (Wildman–Crippen MR) is 165 cm³/mol. The van der Waals surface area contributed by atoms with Gasteiger partial charge in [0.25, 0.3) is 6.43 Å². The lowest BCUT2D eigenvalue weighted by atomic mass is 9.89. The molecule has 9 nitrogen and oxygen atoms in total. The van der Waals surface area contributed by atoms with Gasteiger partial charge in [-0.25, -0.2) is 23.2 Å². The van der Waals surface area contributed by atoms with E-state index in [4.69, 9.17) is 9.47 Å². The van der Waals surface area contributed by atoms with Crippen LogP contribution in [0.25, 0.3) is 11.1 Å². The van der Waals surface area contributed by atoms with E-state index in [2.05, 4.69) is 40.4 Å². The van der Waals surface area contributed by atoms with E-state index in [9.17, 15) is 18.4 Å². The number of hydrogen-bond donors (Lipinski definition) is 2. The molecule has 2 saturated carbocycles. The number of aryl methyl sites for hydroxylation is 1. The Labute approximate surface area is 254 Å². The number of alkyl halides is 2. The van der Waals surface area contributed by atoms with Gasteiger partial charge in [-0.15, -0.1) is 0 Å². The van der Waals surface area contributed by atoms with Crippen LogP contribution < -0.4 is 10.6 Å². The van der Waals surface area contributed by atoms with Gasteiger partial charge in [0.1, 0.15) is 29.9 Å². The van der Waals surface area contributed by atoms with Gasteiger partial charge in [0.05, 0.1) is 5.69 Å². The van der Waals surface area contributed by atoms with Gasteiger partial charge in [0, 0.05) is 31.5 Å². The molecule has 2 N–H and O–H groups in total. The lowest BCUT2D eigenvalue weighted by Gasteiger charge is -2.29. The summed E-state index contributed by atoms with van der Waals surface area (Å²) >= 11 is 0. The first kappa shape index (κ1) is 33.0. The molecule has 12 heteroatoms. The molecule has 0 spiro atoms. The third-order valence-electron chi connectivity index (χ3n) is 7.92. The number of alkyl carbamates (subject to hydrolysis) is 1. The Balaban J connectivity index is 1.55. The van der Waals surface area contributed by atoms with Crippen molar-refractivity contribution >= 4 is 25.9 Å². The maximum Gasteiger partial charge on any atom is 0.408 e. The monoisotopic (exact) mass is 619 g/mol. The van der Waals surface area contributed by atoms with Crippen LogP contribution >= 0.6 is 0 Å². The second-order valence-corrected chi connectivity index (χ2v) is 19.8. The van der Waals surface area contributed by atoms with Gasteiger partial charge >= 0.3 is 6.09 Å². The molecule has 0 unspecified atom stereocenters. The van der Waals surface area contributed by atoms with Gasteiger partial charge in [-0.05, 0) is 96.2 Å². The Morgan fingerprint density at radius 3 is 2.26 bits per heavy atom. The van der Waals surface area contributed by atoms with Crippen LogP contribution in [0.15, 0.2) is 12.1 Å². The molecule has 0 radical (unpaired) electrons. The molecular formula is C31H47F2N5O4Si. The zero-order valence-electron chi connectivity index (χ0n) is 26.7. The minimum atomic E-state index is -2.89. The van der Waals surface area contributed by atoms with Gasteiger partial charge in [-0.1, -0.05) is 19.6 Å². The molecule has 4 rings (SSSR count). The van der Waals surface area contributed by atoms with Gasteiger partial charge in [0.15, 0.2) is 0 Å². The molecule has 2 aliphatic carbocycles. The van der Waals surface area contributed by atoms with Crippen molar-refractivity contribution in [2.45, 2.75) is 111 Å². The van der Waals surface area contributed by atoms with E-state index in [1.807, 2.05) is 6.92 Å². The number of aromatic nitrogens is 3. The summed E-state index contributed by atoms with van der Waals surface area (Å²) in [4.78, 5) is 30.5. The number of nitrogens with zero attached hydrogens (tertiary/aromatic N) is 3. The fourth-order valence-electron chi connectivity index (χ4n) is 5.53. The van der Waals surface area contributed by atoms with E-state index < -0.39 is 43.8 Å². The smallest absolute Gasteiger partial charge is 0.408 e. The number of carbonyl (C=O) groups is 2. The standard InChI is InChI=1S/C31H47F2N5O4Si/c1-18-24(19(2)38(37-18)17-41-15-16-43(6,7)8)22-13-14-23(34-26(22)28(32)33)35-29(39)27(36-30(40)42-31(3,4)5)25(20-9-10-20)21-11-12-21/h13-14,20-21,25,27-28H,9-12,15-17H2,1-8H3,(H,36,40)(H,34,35,39)/t27-/m0/s1. The van der Waals surface area contributed by atoms with E-state index in [1.165, 1.54) is 6.07 Å². The van der Waals surface area contributed by atoms with Crippen LogP contribution in [0.2, 0.25) is 25.7 Å². The minimum Gasteiger partial charge on any atom is -0.444 e. The molecular weight excluding hydrogens is 572 g/mol. The highest BCUT2D eigenvalue weighted by atomic mass is 28.3. The van der Waals surface area contributed by atoms with Crippen molar-refractivity contribution in [1.29, 1.82) is 0 Å². The summed E-state index contributed by atoms with van der Waals surface area (Å²) in [6, 6.07) is 3.23. The Kier molecular flexibility index (Phi) is 10.00. The summed E-state index contributed by atoms with van der Waals surface area (Å²) in [7, 11) is -1.24. The Hall–Kier alpha value is -2.86. The highest BCUT2D eigenvalue weighted by molar-refractivity contribution is 6.76. The quantitative estimate of drug-likeness (QED) is 0.183. The normalized spacial score (nSPS) is 16.5. The van der Waals surface area contributed by atoms with Crippen molar-refractivity contribution < 1.29 is 27.8 Å². The second kappa shape index (κ2) is 13.0. The lowest BCUT2D eigenvalue weighted by molar-refractivity contribution is -0.120. The molecule has 2 heterocycles. The minimum absolute atomic E-state index is 0.00256. The number of pyridine rings is 1. The third-order valence-corrected chi connectivity index (χ3v) is 9.62. The van der Waals surface area contributed by atoms with Crippen molar-refractivity contribution in [3.63, 3.8) is 0 Å². The second-order valence-electron chi connectivity index (χ2n) is 14.2. The van der Waals surface area contributed by atoms with Gasteiger partial charge < -0.3 is 20.1 Å². The van der Waals surface area contributed by atoms with Crippen LogP contribution in [0, 0.1) is 31.6 Å². The topological polar surface area (TPSA) is 107 Å². The molecule has 2 aromatic heterocycles. The van der Waals surface area contributed by atoms with E-state index in [-0.39, 0.29) is 24.0 Å². The molecule has 1 atom stereocenters. The fourth-order valence-corrected chi connectivity index (χ4v) is 6.29. The van der Waals surface area contributed by atoms with Gasteiger partial charge in [-0.3, -0.25) is 4.79 Å². The van der Waals surface area contributed by atoms with E-state index >= 15 is 0 Å². The van der Waals surface area contributed by atoms with E-state index in [0.717, 1.165) is 31.7 Å². The number of ether oxygens (including phenoxy) is 2. The molecule has 238 valence electrons. The van der Waals surface area contributed by atoms with Crippen molar-refractivity contribution in [2.24, 2.45) is 17.8 Å².